The molecule has 0 atom stereocenters. The van der Waals surface area contributed by atoms with Gasteiger partial charge in [-0.05, 0) is 0 Å². The van der Waals surface area contributed by atoms with E-state index in [1.807, 2.05) is 0 Å². The van der Waals surface area contributed by atoms with Gasteiger partial charge in [-0.25, -0.2) is 27.4 Å². The van der Waals surface area contributed by atoms with E-state index in [1.54, 1.807) is 0 Å². The van der Waals surface area contributed by atoms with Crippen LogP contribution >= 0.6 is 46.9 Å². The molecule has 0 aromatic carbocycles. The van der Waals surface area contributed by atoms with Crippen molar-refractivity contribution < 1.29 is 130 Å². The van der Waals surface area contributed by atoms with Gasteiger partial charge in [0.05, 0.1) is 0 Å². The van der Waals surface area contributed by atoms with Crippen LogP contribution in [0.15, 0.2) is 0 Å². The van der Waals surface area contributed by atoms with Crippen molar-refractivity contribution in [2.24, 2.45) is 0 Å². The van der Waals surface area contributed by atoms with Crippen LogP contribution in [0, 0.1) is 0 Å². The van der Waals surface area contributed by atoms with Crippen molar-refractivity contribution in [3.8, 4) is 0 Å². The predicted molar refractivity (Wildman–Crippen MR) is 135 cm³/mol. The number of phosphoric acid groups is 6. The monoisotopic (exact) mass is 806 g/mol. The molecule has 0 saturated heterocycles. The van der Waals surface area contributed by atoms with Gasteiger partial charge in [-0.2, -0.15) is 12.9 Å². The quantitative estimate of drug-likeness (QED) is 0.0875. The van der Waals surface area contributed by atoms with Crippen LogP contribution in [0.1, 0.15) is 0 Å². The van der Waals surface area contributed by atoms with Crippen LogP contribution in [-0.2, 0) is 40.3 Å². The number of hydrogen-bond acceptors (Lipinski definition) is 15. The van der Waals surface area contributed by atoms with Gasteiger partial charge in [-0.15, -0.1) is 0 Å². The summed E-state index contributed by atoms with van der Waals surface area (Å²) in [5.74, 6) is 0. The molecule has 37 heteroatoms. The Balaban J connectivity index is -0.0000000787. The molecule has 1 aliphatic rings. The molecule has 1 aliphatic carbocycles. The van der Waals surface area contributed by atoms with E-state index in [-0.39, 0.29) is 118 Å². The average Bonchev–Trinajstić information content (AvgIpc) is 2.55. The zero-order valence-electron chi connectivity index (χ0n) is 21.9. The minimum Gasteiger partial charge on any atom is -0.387 e. The molecule has 0 heterocycles. The second-order valence-corrected chi connectivity index (χ2v) is 14.0. The van der Waals surface area contributed by atoms with Crippen molar-refractivity contribution in [3.63, 3.8) is 0 Å². The Bertz CT molecular complexity index is 803. The molecule has 0 unspecified atom stereocenters. The first kappa shape index (κ1) is 62.7. The summed E-state index contributed by atoms with van der Waals surface area (Å²) < 4.78 is 66.6. The smallest absolute Gasteiger partial charge is 0.387 e. The molecule has 244 valence electrons. The van der Waals surface area contributed by atoms with Crippen molar-refractivity contribution in [2.45, 2.75) is 36.6 Å². The van der Waals surface area contributed by atoms with Crippen molar-refractivity contribution >= 4 is 165 Å². The molecular weight excluding hydrogens is 782 g/mol. The van der Waals surface area contributed by atoms with Crippen molar-refractivity contribution in [1.82, 2.24) is 0 Å². The van der Waals surface area contributed by atoms with Gasteiger partial charge < -0.3 is 89.4 Å². The number of hydrogen-bond donors (Lipinski definition) is 18. The van der Waals surface area contributed by atoms with Gasteiger partial charge in [0.15, 0.2) is 0 Å². The maximum atomic E-state index is 9.63. The van der Waals surface area contributed by atoms with E-state index in [1.165, 1.54) is 0 Å². The minimum atomic E-state index is -5.05. The Morgan fingerprint density at radius 2 is 0.349 bits per heavy atom. The van der Waals surface area contributed by atoms with Crippen LogP contribution in [0.2, 0.25) is 0 Å². The molecule has 18 N–H and O–H groups in total. The zero-order chi connectivity index (χ0) is 32.6. The van der Waals surface area contributed by atoms with E-state index in [2.05, 4.69) is 12.9 Å². The first-order valence-electron chi connectivity index (χ1n) is 8.14. The molecule has 1 rings (SSSR count). The molecular formula is C6H24Na4O27P6. The molecule has 27 nitrogen and oxygen atoms in total. The third-order valence-corrected chi connectivity index (χ3v) is 7.84. The SMILES string of the molecule is O=P(O)(O)OP(=O)(O)O.O=P(O)(O)OP(=O)(O)O.O=P(O)(O)OP(=O)(O)O.OC1C(O)C(O)C(O)C(O)C1O.[Na].[Na].[Na].[Na]. The summed E-state index contributed by atoms with van der Waals surface area (Å²) in [6.45, 7) is 0. The van der Waals surface area contributed by atoms with Crippen LogP contribution in [0.5, 0.6) is 0 Å². The predicted octanol–water partition coefficient (Wildman–Crippen LogP) is -7.79. The normalized spacial score (nSPS) is 24.1. The first-order valence-corrected chi connectivity index (χ1v) is 17.3. The van der Waals surface area contributed by atoms with Gasteiger partial charge >= 0.3 is 46.9 Å². The summed E-state index contributed by atoms with van der Waals surface area (Å²) in [6, 6.07) is 0. The Kier molecular flexibility index (Phi) is 37.1. The summed E-state index contributed by atoms with van der Waals surface area (Å²) >= 11 is 0. The summed E-state index contributed by atoms with van der Waals surface area (Å²) in [5.41, 5.74) is 0. The van der Waals surface area contributed by atoms with E-state index in [0.717, 1.165) is 0 Å². The van der Waals surface area contributed by atoms with Gasteiger partial charge in [0.1, 0.15) is 36.6 Å². The molecule has 0 amide bonds. The van der Waals surface area contributed by atoms with Crippen molar-refractivity contribution in [2.75, 3.05) is 0 Å². The summed E-state index contributed by atoms with van der Waals surface area (Å²) in [6.07, 6.45) is -9.84. The standard InChI is InChI=1S/C6H12O6.4Na.3H4O7P2/c7-1-2(8)4(10)6(12)5(11)3(1)9;;;;;3*1-8(2,3)7-9(4,5)6/h1-12H;;;;;3*(H2,1,2,3)(H2,4,5,6). The van der Waals surface area contributed by atoms with Crippen molar-refractivity contribution in [1.29, 1.82) is 0 Å². The van der Waals surface area contributed by atoms with Crippen LogP contribution in [0.25, 0.3) is 0 Å². The Hall–Kier alpha value is 4.54. The van der Waals surface area contributed by atoms with E-state index in [0.29, 0.717) is 0 Å². The van der Waals surface area contributed by atoms with Gasteiger partial charge in [0.2, 0.25) is 0 Å². The third-order valence-electron chi connectivity index (χ3n) is 2.74. The van der Waals surface area contributed by atoms with Crippen LogP contribution in [0.3, 0.4) is 0 Å². The fourth-order valence-electron chi connectivity index (χ4n) is 1.63. The molecule has 0 aromatic rings. The summed E-state index contributed by atoms with van der Waals surface area (Å²) in [7, 11) is -30.3. The van der Waals surface area contributed by atoms with E-state index < -0.39 is 83.6 Å². The topological polar surface area (TPSA) is 494 Å². The van der Waals surface area contributed by atoms with Gasteiger partial charge in [-0.3, -0.25) is 0 Å². The summed E-state index contributed by atoms with van der Waals surface area (Å²) in [5, 5.41) is 53.8. The second-order valence-electron chi connectivity index (χ2n) is 6.13. The van der Waals surface area contributed by atoms with E-state index in [9.17, 15) is 27.4 Å². The zero-order valence-corrected chi connectivity index (χ0v) is 35.2. The maximum Gasteiger partial charge on any atom is 0.478 e. The molecule has 0 spiro atoms. The van der Waals surface area contributed by atoms with E-state index in [4.69, 9.17) is 89.4 Å². The molecule has 4 radical (unpaired) electrons. The van der Waals surface area contributed by atoms with Crippen LogP contribution in [-0.4, -0.2) is 244 Å². The fourth-order valence-corrected chi connectivity index (χ4v) is 4.95. The maximum absolute atomic E-state index is 9.63. The molecule has 0 bridgehead atoms. The molecule has 1 saturated carbocycles. The fraction of sp³-hybridized carbons (Fsp3) is 1.00. The average molecular weight is 806 g/mol. The first-order chi connectivity index (χ1) is 16.6. The van der Waals surface area contributed by atoms with Crippen LogP contribution in [0.4, 0.5) is 0 Å². The van der Waals surface area contributed by atoms with Crippen molar-refractivity contribution in [3.05, 3.63) is 0 Å². The number of aliphatic hydroxyl groups is 6. The minimum absolute atomic E-state index is 0. The molecule has 0 aliphatic heterocycles. The Morgan fingerprint density at radius 3 is 0.372 bits per heavy atom. The summed E-state index contributed by atoms with van der Waals surface area (Å²) in [4.78, 5) is 93.0. The van der Waals surface area contributed by atoms with E-state index >= 15 is 0 Å². The third kappa shape index (κ3) is 42.6. The Morgan fingerprint density at radius 1 is 0.279 bits per heavy atom. The van der Waals surface area contributed by atoms with Gasteiger partial charge in [0.25, 0.3) is 0 Å². The molecule has 0 aromatic heterocycles. The number of rotatable bonds is 6. The molecule has 1 fully saturated rings. The second kappa shape index (κ2) is 25.5. The van der Waals surface area contributed by atoms with Gasteiger partial charge in [-0.1, -0.05) is 0 Å². The van der Waals surface area contributed by atoms with Crippen LogP contribution < -0.4 is 0 Å². The number of aliphatic hydroxyl groups excluding tert-OH is 6. The van der Waals surface area contributed by atoms with Gasteiger partial charge in [0, 0.05) is 118 Å². The Labute approximate surface area is 327 Å². The molecule has 43 heavy (non-hydrogen) atoms. The largest absolute Gasteiger partial charge is 0.478 e.